The van der Waals surface area contributed by atoms with Crippen LogP contribution in [-0.4, -0.2) is 4.98 Å². The first kappa shape index (κ1) is 13.2. The van der Waals surface area contributed by atoms with Crippen molar-refractivity contribution >= 4 is 12.4 Å². The summed E-state index contributed by atoms with van der Waals surface area (Å²) < 4.78 is 36.1. The molecule has 0 aliphatic carbocycles. The standard InChI is InChI=1S/C8H9F3N2.ClH/c1-5(12)6-2-3-7(13-4-6)8(9,10)11;/h2-5H,12H2,1H3;1H/t5-;/m0./s1. The maximum absolute atomic E-state index is 12.0. The van der Waals surface area contributed by atoms with Crippen LogP contribution in [0.15, 0.2) is 18.3 Å². The maximum atomic E-state index is 12.0. The topological polar surface area (TPSA) is 38.9 Å². The highest BCUT2D eigenvalue weighted by Gasteiger charge is 2.32. The van der Waals surface area contributed by atoms with Crippen molar-refractivity contribution in [1.82, 2.24) is 4.98 Å². The van der Waals surface area contributed by atoms with Crippen molar-refractivity contribution in [3.8, 4) is 0 Å². The van der Waals surface area contributed by atoms with E-state index in [1.807, 2.05) is 0 Å². The van der Waals surface area contributed by atoms with Crippen LogP contribution >= 0.6 is 12.4 Å². The molecule has 2 nitrogen and oxygen atoms in total. The Morgan fingerprint density at radius 2 is 1.93 bits per heavy atom. The van der Waals surface area contributed by atoms with Gasteiger partial charge in [-0.15, -0.1) is 12.4 Å². The number of rotatable bonds is 1. The van der Waals surface area contributed by atoms with Gasteiger partial charge in [0.1, 0.15) is 5.69 Å². The number of nitrogens with two attached hydrogens (primary N) is 1. The average molecular weight is 227 g/mol. The van der Waals surface area contributed by atoms with Crippen molar-refractivity contribution in [2.45, 2.75) is 19.1 Å². The predicted molar refractivity (Wildman–Crippen MR) is 49.1 cm³/mol. The molecule has 1 atom stereocenters. The Hall–Kier alpha value is -0.810. The molecule has 0 fully saturated rings. The van der Waals surface area contributed by atoms with E-state index < -0.39 is 11.9 Å². The predicted octanol–water partition coefficient (Wildman–Crippen LogP) is 2.54. The van der Waals surface area contributed by atoms with Crippen LogP contribution in [0.4, 0.5) is 13.2 Å². The highest BCUT2D eigenvalue weighted by Crippen LogP contribution is 2.27. The average Bonchev–Trinajstić information content (AvgIpc) is 2.03. The zero-order chi connectivity index (χ0) is 10.1. The molecule has 0 saturated heterocycles. The Kier molecular flexibility index (Phi) is 4.35. The van der Waals surface area contributed by atoms with Gasteiger partial charge >= 0.3 is 6.18 Å². The fourth-order valence-corrected chi connectivity index (χ4v) is 0.842. The SMILES string of the molecule is C[C@H](N)c1ccc(C(F)(F)F)nc1.Cl. The summed E-state index contributed by atoms with van der Waals surface area (Å²) in [6.07, 6.45) is -3.23. The molecule has 2 N–H and O–H groups in total. The lowest BCUT2D eigenvalue weighted by Crippen LogP contribution is -2.10. The third kappa shape index (κ3) is 3.16. The summed E-state index contributed by atoms with van der Waals surface area (Å²) in [6, 6.07) is 1.97. The molecular formula is C8H10ClF3N2. The normalized spacial score (nSPS) is 13.2. The molecule has 1 heterocycles. The van der Waals surface area contributed by atoms with E-state index in [0.29, 0.717) is 5.56 Å². The van der Waals surface area contributed by atoms with Crippen LogP contribution in [0.5, 0.6) is 0 Å². The zero-order valence-corrected chi connectivity index (χ0v) is 8.19. The van der Waals surface area contributed by atoms with Gasteiger partial charge in [-0.1, -0.05) is 6.07 Å². The smallest absolute Gasteiger partial charge is 0.324 e. The van der Waals surface area contributed by atoms with Gasteiger partial charge in [-0.25, -0.2) is 0 Å². The fraction of sp³-hybridized carbons (Fsp3) is 0.375. The molecule has 0 amide bonds. The van der Waals surface area contributed by atoms with E-state index in [2.05, 4.69) is 4.98 Å². The van der Waals surface area contributed by atoms with Crippen LogP contribution in [0.1, 0.15) is 24.2 Å². The number of alkyl halides is 3. The third-order valence-corrected chi connectivity index (χ3v) is 1.60. The lowest BCUT2D eigenvalue weighted by Gasteiger charge is -2.08. The van der Waals surface area contributed by atoms with Crippen LogP contribution in [0.2, 0.25) is 0 Å². The second-order valence-corrected chi connectivity index (χ2v) is 2.76. The monoisotopic (exact) mass is 226 g/mol. The van der Waals surface area contributed by atoms with Crippen molar-refractivity contribution in [3.05, 3.63) is 29.6 Å². The number of hydrogen-bond donors (Lipinski definition) is 1. The largest absolute Gasteiger partial charge is 0.433 e. The molecule has 0 aromatic carbocycles. The van der Waals surface area contributed by atoms with Gasteiger partial charge < -0.3 is 5.73 Å². The Labute approximate surface area is 85.7 Å². The van der Waals surface area contributed by atoms with Gasteiger partial charge in [0, 0.05) is 12.2 Å². The summed E-state index contributed by atoms with van der Waals surface area (Å²) in [5.41, 5.74) is 5.15. The summed E-state index contributed by atoms with van der Waals surface area (Å²) in [6.45, 7) is 1.68. The minimum atomic E-state index is -4.38. The third-order valence-electron chi connectivity index (χ3n) is 1.60. The number of nitrogens with zero attached hydrogens (tertiary/aromatic N) is 1. The molecule has 0 spiro atoms. The Morgan fingerprint density at radius 1 is 1.36 bits per heavy atom. The lowest BCUT2D eigenvalue weighted by molar-refractivity contribution is -0.141. The first-order valence-corrected chi connectivity index (χ1v) is 3.70. The summed E-state index contributed by atoms with van der Waals surface area (Å²) in [4.78, 5) is 3.27. The van der Waals surface area contributed by atoms with Crippen molar-refractivity contribution in [1.29, 1.82) is 0 Å². The van der Waals surface area contributed by atoms with Gasteiger partial charge in [-0.05, 0) is 18.6 Å². The van der Waals surface area contributed by atoms with E-state index in [1.54, 1.807) is 6.92 Å². The van der Waals surface area contributed by atoms with Crippen molar-refractivity contribution in [2.24, 2.45) is 5.73 Å². The van der Waals surface area contributed by atoms with Crippen molar-refractivity contribution in [3.63, 3.8) is 0 Å². The van der Waals surface area contributed by atoms with Gasteiger partial charge in [-0.2, -0.15) is 13.2 Å². The van der Waals surface area contributed by atoms with Crippen LogP contribution in [-0.2, 0) is 6.18 Å². The van der Waals surface area contributed by atoms with E-state index in [-0.39, 0.29) is 18.4 Å². The first-order valence-electron chi connectivity index (χ1n) is 3.70. The van der Waals surface area contributed by atoms with Gasteiger partial charge in [0.25, 0.3) is 0 Å². The van der Waals surface area contributed by atoms with Gasteiger partial charge in [0.2, 0.25) is 0 Å². The maximum Gasteiger partial charge on any atom is 0.433 e. The Bertz CT molecular complexity index is 282. The minimum Gasteiger partial charge on any atom is -0.324 e. The molecule has 0 aliphatic heterocycles. The number of pyridine rings is 1. The van der Waals surface area contributed by atoms with Crippen molar-refractivity contribution < 1.29 is 13.2 Å². The Balaban J connectivity index is 0.00000169. The Morgan fingerprint density at radius 3 is 2.21 bits per heavy atom. The van der Waals surface area contributed by atoms with Gasteiger partial charge in [-0.3, -0.25) is 4.98 Å². The molecule has 0 bridgehead atoms. The van der Waals surface area contributed by atoms with E-state index in [1.165, 1.54) is 6.07 Å². The van der Waals surface area contributed by atoms with Crippen LogP contribution in [0.3, 0.4) is 0 Å². The van der Waals surface area contributed by atoms with Crippen LogP contribution < -0.4 is 5.73 Å². The molecule has 0 saturated carbocycles. The second kappa shape index (κ2) is 4.61. The quantitative estimate of drug-likeness (QED) is 0.799. The summed E-state index contributed by atoms with van der Waals surface area (Å²) in [5.74, 6) is 0. The first-order chi connectivity index (χ1) is 5.91. The summed E-state index contributed by atoms with van der Waals surface area (Å²) in [5, 5.41) is 0. The van der Waals surface area contributed by atoms with E-state index in [9.17, 15) is 13.2 Å². The number of halogens is 4. The molecule has 0 aliphatic rings. The van der Waals surface area contributed by atoms with Gasteiger partial charge in [0.05, 0.1) is 0 Å². The number of aromatic nitrogens is 1. The van der Waals surface area contributed by atoms with Crippen LogP contribution in [0, 0.1) is 0 Å². The highest BCUT2D eigenvalue weighted by atomic mass is 35.5. The number of hydrogen-bond acceptors (Lipinski definition) is 2. The summed E-state index contributed by atoms with van der Waals surface area (Å²) in [7, 11) is 0. The van der Waals surface area contributed by atoms with Crippen molar-refractivity contribution in [2.75, 3.05) is 0 Å². The molecule has 0 unspecified atom stereocenters. The van der Waals surface area contributed by atoms with E-state index in [4.69, 9.17) is 5.73 Å². The van der Waals surface area contributed by atoms with Gasteiger partial charge in [0.15, 0.2) is 0 Å². The zero-order valence-electron chi connectivity index (χ0n) is 7.38. The molecular weight excluding hydrogens is 217 g/mol. The molecule has 1 rings (SSSR count). The molecule has 6 heteroatoms. The molecule has 1 aromatic heterocycles. The fourth-order valence-electron chi connectivity index (χ4n) is 0.842. The second-order valence-electron chi connectivity index (χ2n) is 2.76. The molecule has 1 aromatic rings. The highest BCUT2D eigenvalue weighted by molar-refractivity contribution is 5.85. The summed E-state index contributed by atoms with van der Waals surface area (Å²) >= 11 is 0. The van der Waals surface area contributed by atoms with E-state index >= 15 is 0 Å². The minimum absolute atomic E-state index is 0. The lowest BCUT2D eigenvalue weighted by atomic mass is 10.1. The van der Waals surface area contributed by atoms with E-state index in [0.717, 1.165) is 12.3 Å². The molecule has 80 valence electrons. The molecule has 0 radical (unpaired) electrons. The van der Waals surface area contributed by atoms with Crippen LogP contribution in [0.25, 0.3) is 0 Å². The molecule has 14 heavy (non-hydrogen) atoms.